The normalized spacial score (nSPS) is 27.7. The van der Waals surface area contributed by atoms with Gasteiger partial charge in [0, 0.05) is 31.4 Å². The minimum Gasteiger partial charge on any atom is -0.460 e. The first-order chi connectivity index (χ1) is 25.2. The maximum atomic E-state index is 13.2. The van der Waals surface area contributed by atoms with Crippen LogP contribution in [0.1, 0.15) is 62.4 Å². The van der Waals surface area contributed by atoms with Crippen LogP contribution in [0.15, 0.2) is 42.0 Å². The number of nitrogens with one attached hydrogen (secondary N) is 2. The monoisotopic (exact) mass is 750 g/mol. The van der Waals surface area contributed by atoms with Crippen LogP contribution >= 0.6 is 0 Å². The smallest absolute Gasteiger partial charge is 0.338 e. The van der Waals surface area contributed by atoms with E-state index in [0.29, 0.717) is 5.56 Å². The van der Waals surface area contributed by atoms with Crippen molar-refractivity contribution < 1.29 is 73.1 Å². The third-order valence-corrected chi connectivity index (χ3v) is 8.53. The summed E-state index contributed by atoms with van der Waals surface area (Å²) in [6, 6.07) is 5.85. The van der Waals surface area contributed by atoms with E-state index in [2.05, 4.69) is 10.6 Å². The molecule has 53 heavy (non-hydrogen) atoms. The van der Waals surface area contributed by atoms with Gasteiger partial charge in [0.15, 0.2) is 6.29 Å². The van der Waals surface area contributed by atoms with Gasteiger partial charge in [0.05, 0.1) is 31.4 Å². The van der Waals surface area contributed by atoms with Crippen LogP contribution in [0.3, 0.4) is 0 Å². The maximum Gasteiger partial charge on any atom is 0.338 e. The van der Waals surface area contributed by atoms with E-state index in [1.165, 1.54) is 0 Å². The highest BCUT2D eigenvalue weighted by Gasteiger charge is 2.44. The molecule has 0 saturated carbocycles. The Hall–Kier alpha value is -3.78. The molecular formula is C36H50N2O15. The number of carbonyl (C=O) groups is 4. The average Bonchev–Trinajstić information content (AvgIpc) is 3.60. The molecule has 2 amide bonds. The number of fused-ring (bicyclic) bond motifs is 1. The molecule has 1 aromatic rings. The lowest BCUT2D eigenvalue weighted by Gasteiger charge is -2.39. The average molecular weight is 751 g/mol. The Kier molecular flexibility index (Phi) is 15.5. The SMILES string of the molecule is CC(C)(C)OC(=O)CCC(CO)NC(=O)CCNC(=O)C1=CC2OCOC2C(OC(=O)c2cccc(C=CCOC3OC(CO)C(O)C(O)C3O)c2)C1. The summed E-state index contributed by atoms with van der Waals surface area (Å²) < 4.78 is 33.1. The van der Waals surface area contributed by atoms with E-state index in [4.69, 9.17) is 28.4 Å². The van der Waals surface area contributed by atoms with Crippen LogP contribution in [0.2, 0.25) is 0 Å². The van der Waals surface area contributed by atoms with E-state index in [1.54, 1.807) is 63.3 Å². The summed E-state index contributed by atoms with van der Waals surface area (Å²) in [4.78, 5) is 50.8. The summed E-state index contributed by atoms with van der Waals surface area (Å²) in [5.74, 6) is -2.01. The molecule has 9 unspecified atom stereocenters. The zero-order valence-corrected chi connectivity index (χ0v) is 29.9. The molecule has 0 bridgehead atoms. The molecule has 294 valence electrons. The minimum absolute atomic E-state index is 0.0163. The van der Waals surface area contributed by atoms with Gasteiger partial charge in [-0.15, -0.1) is 0 Å². The van der Waals surface area contributed by atoms with Crippen LogP contribution < -0.4 is 10.6 Å². The van der Waals surface area contributed by atoms with Gasteiger partial charge >= 0.3 is 11.9 Å². The predicted molar refractivity (Wildman–Crippen MR) is 183 cm³/mol. The van der Waals surface area contributed by atoms with Gasteiger partial charge in [-0.05, 0) is 51.0 Å². The van der Waals surface area contributed by atoms with Gasteiger partial charge in [0.1, 0.15) is 55.1 Å². The van der Waals surface area contributed by atoms with Crippen LogP contribution in [0.4, 0.5) is 0 Å². The quantitative estimate of drug-likeness (QED) is 0.102. The summed E-state index contributed by atoms with van der Waals surface area (Å²) in [7, 11) is 0. The van der Waals surface area contributed by atoms with E-state index < -0.39 is 91.0 Å². The Morgan fingerprint density at radius 3 is 2.53 bits per heavy atom. The van der Waals surface area contributed by atoms with Crippen molar-refractivity contribution in [1.29, 1.82) is 0 Å². The Morgan fingerprint density at radius 2 is 1.81 bits per heavy atom. The number of ether oxygens (including phenoxy) is 6. The third kappa shape index (κ3) is 12.4. The standard InChI is InChI=1S/C36H50N2O15/c1-36(2,3)53-28(42)10-9-23(17-39)38-27(41)11-12-37-33(46)22-15-24-32(50-19-49-24)25(16-22)51-34(47)21-8-4-6-20(14-21)7-5-13-48-35-31(45)30(44)29(43)26(18-40)52-35/h4-8,14-15,23-26,29-32,35,39-40,43-45H,9-13,16-19H2,1-3H3,(H,37,46)(H,38,41). The number of carbonyl (C=O) groups excluding carboxylic acids is 4. The Bertz CT molecular complexity index is 1470. The molecule has 2 fully saturated rings. The Labute approximate surface area is 306 Å². The van der Waals surface area contributed by atoms with Gasteiger partial charge in [-0.1, -0.05) is 24.3 Å². The Morgan fingerprint density at radius 1 is 1.04 bits per heavy atom. The summed E-state index contributed by atoms with van der Waals surface area (Å²) in [6.07, 6.45) is -4.13. The number of aliphatic hydroxyl groups excluding tert-OH is 5. The lowest BCUT2D eigenvalue weighted by Crippen LogP contribution is -2.59. The lowest BCUT2D eigenvalue weighted by molar-refractivity contribution is -0.298. The van der Waals surface area contributed by atoms with Crippen molar-refractivity contribution in [2.45, 2.75) is 107 Å². The highest BCUT2D eigenvalue weighted by Crippen LogP contribution is 2.31. The molecule has 1 aliphatic carbocycles. The molecule has 2 heterocycles. The highest BCUT2D eigenvalue weighted by atomic mass is 16.7. The van der Waals surface area contributed by atoms with Gasteiger partial charge in [0.25, 0.3) is 0 Å². The van der Waals surface area contributed by atoms with E-state index in [1.807, 2.05) is 0 Å². The van der Waals surface area contributed by atoms with Crippen LogP contribution in [0, 0.1) is 0 Å². The van der Waals surface area contributed by atoms with Crippen molar-refractivity contribution in [3.63, 3.8) is 0 Å². The Balaban J connectivity index is 1.25. The molecule has 4 rings (SSSR count). The van der Waals surface area contributed by atoms with Crippen LogP contribution in [-0.4, -0.2) is 143 Å². The van der Waals surface area contributed by atoms with E-state index >= 15 is 0 Å². The van der Waals surface area contributed by atoms with Gasteiger partial charge < -0.3 is 64.6 Å². The van der Waals surface area contributed by atoms with Gasteiger partial charge in [-0.2, -0.15) is 0 Å². The number of benzene rings is 1. The van der Waals surface area contributed by atoms with Crippen molar-refractivity contribution in [1.82, 2.24) is 10.6 Å². The van der Waals surface area contributed by atoms with Crippen molar-refractivity contribution in [2.24, 2.45) is 0 Å². The summed E-state index contributed by atoms with van der Waals surface area (Å²) in [5.41, 5.74) is 0.471. The molecule has 3 aliphatic rings. The molecule has 2 aliphatic heterocycles. The molecule has 9 atom stereocenters. The minimum atomic E-state index is -1.56. The van der Waals surface area contributed by atoms with Crippen LogP contribution in [0.25, 0.3) is 6.08 Å². The fourth-order valence-electron chi connectivity index (χ4n) is 5.84. The van der Waals surface area contributed by atoms with Gasteiger partial charge in [-0.25, -0.2) is 4.79 Å². The van der Waals surface area contributed by atoms with Crippen molar-refractivity contribution in [2.75, 3.05) is 33.2 Å². The van der Waals surface area contributed by atoms with Crippen LogP contribution in [0.5, 0.6) is 0 Å². The van der Waals surface area contributed by atoms with E-state index in [-0.39, 0.29) is 63.4 Å². The van der Waals surface area contributed by atoms with Gasteiger partial charge in [-0.3, -0.25) is 14.4 Å². The molecule has 0 radical (unpaired) electrons. The second-order valence-electron chi connectivity index (χ2n) is 13.9. The first-order valence-corrected chi connectivity index (χ1v) is 17.4. The number of esters is 2. The fraction of sp³-hybridized carbons (Fsp3) is 0.611. The summed E-state index contributed by atoms with van der Waals surface area (Å²) >= 11 is 0. The van der Waals surface area contributed by atoms with Crippen molar-refractivity contribution in [3.05, 3.63) is 53.1 Å². The molecule has 17 heteroatoms. The first kappa shape index (κ1) is 42.0. The predicted octanol–water partition coefficient (Wildman–Crippen LogP) is -0.781. The fourth-order valence-corrected chi connectivity index (χ4v) is 5.84. The van der Waals surface area contributed by atoms with Crippen molar-refractivity contribution >= 4 is 29.8 Å². The second kappa shape index (κ2) is 19.5. The summed E-state index contributed by atoms with van der Waals surface area (Å²) in [5, 5.41) is 54.3. The number of hydrogen-bond donors (Lipinski definition) is 7. The number of aliphatic hydroxyl groups is 5. The van der Waals surface area contributed by atoms with E-state index in [0.717, 1.165) is 0 Å². The zero-order chi connectivity index (χ0) is 38.7. The highest BCUT2D eigenvalue weighted by molar-refractivity contribution is 5.94. The zero-order valence-electron chi connectivity index (χ0n) is 29.9. The third-order valence-electron chi connectivity index (χ3n) is 8.53. The van der Waals surface area contributed by atoms with Crippen molar-refractivity contribution in [3.8, 4) is 0 Å². The number of amides is 2. The second-order valence-corrected chi connectivity index (χ2v) is 13.9. The number of rotatable bonds is 16. The molecule has 0 spiro atoms. The topological polar surface area (TPSA) is 249 Å². The molecule has 2 saturated heterocycles. The largest absolute Gasteiger partial charge is 0.460 e. The first-order valence-electron chi connectivity index (χ1n) is 17.4. The summed E-state index contributed by atoms with van der Waals surface area (Å²) in [6.45, 7) is 4.14. The molecule has 0 aromatic heterocycles. The molecule has 1 aromatic carbocycles. The number of hydrogen-bond acceptors (Lipinski definition) is 15. The van der Waals surface area contributed by atoms with Gasteiger partial charge in [0.2, 0.25) is 11.8 Å². The van der Waals surface area contributed by atoms with Crippen LogP contribution in [-0.2, 0) is 42.8 Å². The van der Waals surface area contributed by atoms with E-state index in [9.17, 15) is 44.7 Å². The lowest BCUT2D eigenvalue weighted by atomic mass is 9.91. The molecule has 7 N–H and O–H groups in total. The maximum absolute atomic E-state index is 13.2. The molecular weight excluding hydrogens is 700 g/mol. The molecule has 17 nitrogen and oxygen atoms in total.